The molecule has 0 aromatic carbocycles. The van der Waals surface area contributed by atoms with E-state index in [0.717, 1.165) is 12.0 Å². The average molecular weight is 309 g/mol. The Hall–Kier alpha value is -0.160. The number of nitrogens with one attached hydrogen (secondary N) is 1. The van der Waals surface area contributed by atoms with E-state index in [0.29, 0.717) is 5.02 Å². The maximum absolute atomic E-state index is 12.1. The van der Waals surface area contributed by atoms with Crippen molar-refractivity contribution in [1.29, 1.82) is 0 Å². The Kier molecular flexibility index (Phi) is 5.59. The highest BCUT2D eigenvalue weighted by molar-refractivity contribution is 7.84. The molecule has 0 bridgehead atoms. The molecule has 2 atom stereocenters. The van der Waals surface area contributed by atoms with Crippen LogP contribution in [0.5, 0.6) is 0 Å². The van der Waals surface area contributed by atoms with E-state index in [4.69, 9.17) is 23.2 Å². The Morgan fingerprint density at radius 2 is 2.06 bits per heavy atom. The second-order valence-electron chi connectivity index (χ2n) is 5.00. The maximum atomic E-state index is 12.1. The minimum Gasteiger partial charge on any atom is -0.243 e. The summed E-state index contributed by atoms with van der Waals surface area (Å²) in [6.07, 6.45) is 2.46. The molecule has 102 valence electrons. The predicted octanol–water partition coefficient (Wildman–Crippen LogP) is 3.89. The number of nitrogens with zero attached hydrogens (tertiary/aromatic N) is 1. The summed E-state index contributed by atoms with van der Waals surface area (Å²) >= 11 is 11.7. The summed E-state index contributed by atoms with van der Waals surface area (Å²) in [6, 6.07) is 1.71. The molecule has 1 aromatic rings. The van der Waals surface area contributed by atoms with Crippen molar-refractivity contribution >= 4 is 34.2 Å². The van der Waals surface area contributed by atoms with Crippen LogP contribution in [0.4, 0.5) is 0 Å². The topological polar surface area (TPSA) is 42.0 Å². The second kappa shape index (κ2) is 6.33. The lowest BCUT2D eigenvalue weighted by Gasteiger charge is -2.23. The molecule has 1 aromatic heterocycles. The second-order valence-corrected chi connectivity index (χ2v) is 7.76. The van der Waals surface area contributed by atoms with E-state index in [2.05, 4.69) is 9.71 Å². The first kappa shape index (κ1) is 15.9. The Morgan fingerprint density at radius 1 is 1.44 bits per heavy atom. The summed E-state index contributed by atoms with van der Waals surface area (Å²) in [5.74, 6) is 0. The van der Waals surface area contributed by atoms with Gasteiger partial charge in [0.1, 0.15) is 5.15 Å². The first-order valence-electron chi connectivity index (χ1n) is 5.74. The summed E-state index contributed by atoms with van der Waals surface area (Å²) in [5.41, 5.74) is 0.893. The third kappa shape index (κ3) is 4.19. The molecule has 1 heterocycles. The quantitative estimate of drug-likeness (QED) is 0.857. The summed E-state index contributed by atoms with van der Waals surface area (Å²) in [6.45, 7) is 7.79. The highest BCUT2D eigenvalue weighted by Gasteiger charge is 2.23. The van der Waals surface area contributed by atoms with Crippen molar-refractivity contribution in [2.45, 2.75) is 44.9 Å². The van der Waals surface area contributed by atoms with E-state index in [1.165, 1.54) is 0 Å². The fourth-order valence-electron chi connectivity index (χ4n) is 1.32. The van der Waals surface area contributed by atoms with Crippen molar-refractivity contribution in [3.63, 3.8) is 0 Å². The van der Waals surface area contributed by atoms with Crippen molar-refractivity contribution in [3.8, 4) is 0 Å². The van der Waals surface area contributed by atoms with E-state index in [1.54, 1.807) is 12.3 Å². The molecule has 0 saturated carbocycles. The third-order valence-electron chi connectivity index (χ3n) is 2.43. The van der Waals surface area contributed by atoms with Crippen LogP contribution in [0.1, 0.15) is 45.7 Å². The first-order valence-corrected chi connectivity index (χ1v) is 7.65. The van der Waals surface area contributed by atoms with E-state index < -0.39 is 11.0 Å². The molecular weight excluding hydrogens is 291 g/mol. The van der Waals surface area contributed by atoms with E-state index in [-0.39, 0.29) is 15.9 Å². The van der Waals surface area contributed by atoms with Crippen LogP contribution < -0.4 is 4.72 Å². The van der Waals surface area contributed by atoms with E-state index in [1.807, 2.05) is 27.7 Å². The fraction of sp³-hybridized carbons (Fsp3) is 0.583. The third-order valence-corrected chi connectivity index (χ3v) is 4.73. The van der Waals surface area contributed by atoms with Gasteiger partial charge in [-0.3, -0.25) is 0 Å². The molecule has 0 aliphatic rings. The van der Waals surface area contributed by atoms with Gasteiger partial charge < -0.3 is 0 Å². The predicted molar refractivity (Wildman–Crippen MR) is 78.3 cm³/mol. The largest absolute Gasteiger partial charge is 0.243 e. The van der Waals surface area contributed by atoms with Crippen molar-refractivity contribution in [3.05, 3.63) is 28.0 Å². The molecule has 6 heteroatoms. The zero-order chi connectivity index (χ0) is 13.9. The molecule has 0 spiro atoms. The summed E-state index contributed by atoms with van der Waals surface area (Å²) in [4.78, 5) is 4.01. The minimum absolute atomic E-state index is 0.0488. The molecule has 18 heavy (non-hydrogen) atoms. The molecule has 0 saturated heterocycles. The molecule has 1 N–H and O–H groups in total. The van der Waals surface area contributed by atoms with Gasteiger partial charge in [-0.2, -0.15) is 0 Å². The van der Waals surface area contributed by atoms with Crippen LogP contribution in [0, 0.1) is 0 Å². The van der Waals surface area contributed by atoms with Crippen molar-refractivity contribution in [1.82, 2.24) is 9.71 Å². The van der Waals surface area contributed by atoms with Gasteiger partial charge in [-0.25, -0.2) is 13.9 Å². The highest BCUT2D eigenvalue weighted by Crippen LogP contribution is 2.25. The molecule has 0 fully saturated rings. The lowest BCUT2D eigenvalue weighted by Crippen LogP contribution is -2.35. The Labute approximate surface area is 121 Å². The molecule has 1 rings (SSSR count). The van der Waals surface area contributed by atoms with Crippen LogP contribution in [0.3, 0.4) is 0 Å². The molecular formula is C12H18Cl2N2OS. The molecule has 0 radical (unpaired) electrons. The Bertz CT molecular complexity index is 446. The standard InChI is InChI=1S/C12H18Cl2N2OS/c1-5-10(16-18(17)12(2,3)4)8-6-9(13)11(14)15-7-8/h6-7,10,16H,5H2,1-4H3/t10-,18-/m1/s1. The first-order chi connectivity index (χ1) is 8.25. The number of hydrogen-bond donors (Lipinski definition) is 1. The maximum Gasteiger partial charge on any atom is 0.147 e. The van der Waals surface area contributed by atoms with Crippen LogP contribution in [-0.2, 0) is 11.0 Å². The number of rotatable bonds is 4. The average Bonchev–Trinajstić information content (AvgIpc) is 2.28. The van der Waals surface area contributed by atoms with Crippen molar-refractivity contribution in [2.24, 2.45) is 0 Å². The summed E-state index contributed by atoms with van der Waals surface area (Å²) < 4.78 is 14.9. The van der Waals surface area contributed by atoms with Crippen molar-refractivity contribution in [2.75, 3.05) is 0 Å². The van der Waals surface area contributed by atoms with Crippen LogP contribution in [0.25, 0.3) is 0 Å². The van der Waals surface area contributed by atoms with Gasteiger partial charge >= 0.3 is 0 Å². The van der Waals surface area contributed by atoms with Gasteiger partial charge in [-0.1, -0.05) is 30.1 Å². The zero-order valence-electron chi connectivity index (χ0n) is 11.0. The summed E-state index contributed by atoms with van der Waals surface area (Å²) in [5, 5.41) is 0.697. The molecule has 0 unspecified atom stereocenters. The normalized spacial score (nSPS) is 15.4. The van der Waals surface area contributed by atoms with E-state index in [9.17, 15) is 4.21 Å². The smallest absolute Gasteiger partial charge is 0.147 e. The minimum atomic E-state index is -1.13. The van der Waals surface area contributed by atoms with Gasteiger partial charge in [0.05, 0.1) is 20.8 Å². The number of hydrogen-bond acceptors (Lipinski definition) is 2. The van der Waals surface area contributed by atoms with Crippen molar-refractivity contribution < 1.29 is 4.21 Å². The van der Waals surface area contributed by atoms with Gasteiger partial charge in [0.25, 0.3) is 0 Å². The molecule has 0 amide bonds. The summed E-state index contributed by atoms with van der Waals surface area (Å²) in [7, 11) is -1.13. The zero-order valence-corrected chi connectivity index (χ0v) is 13.3. The van der Waals surface area contributed by atoms with Gasteiger partial charge in [-0.05, 0) is 38.8 Å². The fourth-order valence-corrected chi connectivity index (χ4v) is 2.51. The monoisotopic (exact) mass is 308 g/mol. The lowest BCUT2D eigenvalue weighted by atomic mass is 10.1. The molecule has 0 aliphatic carbocycles. The van der Waals surface area contributed by atoms with Gasteiger partial charge in [0, 0.05) is 12.2 Å². The van der Waals surface area contributed by atoms with Crippen LogP contribution in [0.15, 0.2) is 12.3 Å². The number of aromatic nitrogens is 1. The SMILES string of the molecule is CC[C@@H](N[S@](=O)C(C)(C)C)c1cnc(Cl)c(Cl)c1. The van der Waals surface area contributed by atoms with Gasteiger partial charge in [0.2, 0.25) is 0 Å². The van der Waals surface area contributed by atoms with Crippen LogP contribution in [0.2, 0.25) is 10.2 Å². The number of pyridine rings is 1. The van der Waals surface area contributed by atoms with Crippen LogP contribution >= 0.6 is 23.2 Å². The molecule has 0 aliphatic heterocycles. The number of halogens is 2. The van der Waals surface area contributed by atoms with Gasteiger partial charge in [0.15, 0.2) is 0 Å². The Balaban J connectivity index is 2.90. The molecule has 3 nitrogen and oxygen atoms in total. The van der Waals surface area contributed by atoms with Crippen LogP contribution in [-0.4, -0.2) is 13.9 Å². The lowest BCUT2D eigenvalue weighted by molar-refractivity contribution is 0.588. The highest BCUT2D eigenvalue weighted by atomic mass is 35.5. The Morgan fingerprint density at radius 3 is 2.50 bits per heavy atom. The van der Waals surface area contributed by atoms with Gasteiger partial charge in [-0.15, -0.1) is 0 Å². The van der Waals surface area contributed by atoms with E-state index >= 15 is 0 Å².